The van der Waals surface area contributed by atoms with Crippen LogP contribution in [-0.2, 0) is 16.1 Å². The summed E-state index contributed by atoms with van der Waals surface area (Å²) in [7, 11) is 3.09. The molecule has 1 N–H and O–H groups in total. The van der Waals surface area contributed by atoms with E-state index >= 15 is 0 Å². The van der Waals surface area contributed by atoms with Crippen molar-refractivity contribution in [2.75, 3.05) is 20.8 Å². The molecule has 0 aliphatic carbocycles. The first-order valence-electron chi connectivity index (χ1n) is 8.06. The van der Waals surface area contributed by atoms with Crippen LogP contribution in [0.2, 0.25) is 0 Å². The van der Waals surface area contributed by atoms with Gasteiger partial charge < -0.3 is 14.2 Å². The standard InChI is InChI=1S/C19H20N4O4/c1-13-8-15(11-25-2)16(9-20)19(22-13)27-12-18(24)23-21-10-14-6-4-5-7-17(14)26-3/h4-8,10H,11-12H2,1-3H3,(H,23,24)/b21-10+. The highest BCUT2D eigenvalue weighted by atomic mass is 16.5. The first-order chi connectivity index (χ1) is 13.1. The van der Waals surface area contributed by atoms with Crippen molar-refractivity contribution in [1.82, 2.24) is 10.4 Å². The van der Waals surface area contributed by atoms with Crippen molar-refractivity contribution in [3.8, 4) is 17.7 Å². The number of para-hydroxylation sites is 1. The molecule has 0 fully saturated rings. The van der Waals surface area contributed by atoms with Crippen molar-refractivity contribution in [3.63, 3.8) is 0 Å². The summed E-state index contributed by atoms with van der Waals surface area (Å²) in [6.07, 6.45) is 1.47. The Morgan fingerprint density at radius 3 is 2.85 bits per heavy atom. The average Bonchev–Trinajstić information content (AvgIpc) is 2.67. The lowest BCUT2D eigenvalue weighted by Gasteiger charge is -2.10. The Hall–Kier alpha value is -3.44. The number of nitriles is 1. The summed E-state index contributed by atoms with van der Waals surface area (Å²) in [5, 5.41) is 13.2. The predicted molar refractivity (Wildman–Crippen MR) is 98.6 cm³/mol. The van der Waals surface area contributed by atoms with Gasteiger partial charge in [-0.25, -0.2) is 10.4 Å². The molecule has 0 saturated carbocycles. The molecule has 0 unspecified atom stereocenters. The quantitative estimate of drug-likeness (QED) is 0.564. The summed E-state index contributed by atoms with van der Waals surface area (Å²) in [5.74, 6) is 0.245. The molecule has 2 rings (SSSR count). The second kappa shape index (κ2) is 9.89. The van der Waals surface area contributed by atoms with Crippen molar-refractivity contribution in [2.45, 2.75) is 13.5 Å². The van der Waals surface area contributed by atoms with Gasteiger partial charge in [0.1, 0.15) is 17.4 Å². The molecule has 0 saturated heterocycles. The Labute approximate surface area is 157 Å². The highest BCUT2D eigenvalue weighted by Crippen LogP contribution is 2.21. The number of hydrazone groups is 1. The third kappa shape index (κ3) is 5.52. The molecule has 140 valence electrons. The highest BCUT2D eigenvalue weighted by Gasteiger charge is 2.14. The number of pyridine rings is 1. The van der Waals surface area contributed by atoms with E-state index in [1.54, 1.807) is 32.2 Å². The molecular formula is C19H20N4O4. The molecule has 8 heteroatoms. The molecular weight excluding hydrogens is 348 g/mol. The van der Waals surface area contributed by atoms with E-state index in [9.17, 15) is 10.1 Å². The minimum absolute atomic E-state index is 0.0911. The van der Waals surface area contributed by atoms with Crippen LogP contribution in [0.5, 0.6) is 11.6 Å². The lowest BCUT2D eigenvalue weighted by molar-refractivity contribution is -0.123. The van der Waals surface area contributed by atoms with Crippen LogP contribution in [0.15, 0.2) is 35.4 Å². The SMILES string of the molecule is COCc1cc(C)nc(OCC(=O)N/N=C/c2ccccc2OC)c1C#N. The molecule has 0 atom stereocenters. The third-order valence-corrected chi connectivity index (χ3v) is 3.48. The zero-order valence-corrected chi connectivity index (χ0v) is 15.4. The first kappa shape index (κ1) is 19.9. The number of hydrogen-bond acceptors (Lipinski definition) is 7. The van der Waals surface area contributed by atoms with Crippen molar-refractivity contribution in [3.05, 3.63) is 52.7 Å². The molecule has 0 bridgehead atoms. The van der Waals surface area contributed by atoms with Crippen LogP contribution in [0.3, 0.4) is 0 Å². The van der Waals surface area contributed by atoms with E-state index < -0.39 is 5.91 Å². The van der Waals surface area contributed by atoms with Crippen LogP contribution in [0, 0.1) is 18.3 Å². The number of nitrogens with one attached hydrogen (secondary N) is 1. The summed E-state index contributed by atoms with van der Waals surface area (Å²) in [5.41, 5.74) is 4.63. The molecule has 1 heterocycles. The van der Waals surface area contributed by atoms with Gasteiger partial charge in [0.25, 0.3) is 5.91 Å². The van der Waals surface area contributed by atoms with Gasteiger partial charge in [-0.2, -0.15) is 10.4 Å². The zero-order chi connectivity index (χ0) is 19.6. The maximum absolute atomic E-state index is 11.9. The monoisotopic (exact) mass is 368 g/mol. The molecule has 1 aromatic carbocycles. The van der Waals surface area contributed by atoms with E-state index in [0.29, 0.717) is 17.0 Å². The number of nitrogens with zero attached hydrogens (tertiary/aromatic N) is 3. The molecule has 0 aliphatic rings. The normalized spacial score (nSPS) is 10.4. The fraction of sp³-hybridized carbons (Fsp3) is 0.263. The number of aryl methyl sites for hydroxylation is 1. The largest absolute Gasteiger partial charge is 0.496 e. The second-order valence-electron chi connectivity index (χ2n) is 5.47. The maximum Gasteiger partial charge on any atom is 0.278 e. The Kier molecular flexibility index (Phi) is 7.28. The van der Waals surface area contributed by atoms with Gasteiger partial charge in [-0.05, 0) is 25.1 Å². The van der Waals surface area contributed by atoms with Crippen molar-refractivity contribution in [2.24, 2.45) is 5.10 Å². The topological polar surface area (TPSA) is 106 Å². The minimum atomic E-state index is -0.485. The summed E-state index contributed by atoms with van der Waals surface area (Å²) >= 11 is 0. The molecule has 8 nitrogen and oxygen atoms in total. The zero-order valence-electron chi connectivity index (χ0n) is 15.4. The molecule has 2 aromatic rings. The van der Waals surface area contributed by atoms with E-state index in [1.807, 2.05) is 18.2 Å². The number of carbonyl (C=O) groups excluding carboxylic acids is 1. The van der Waals surface area contributed by atoms with Crippen LogP contribution in [0.4, 0.5) is 0 Å². The van der Waals surface area contributed by atoms with E-state index in [2.05, 4.69) is 15.5 Å². The van der Waals surface area contributed by atoms with Crippen LogP contribution in [0.25, 0.3) is 0 Å². The minimum Gasteiger partial charge on any atom is -0.496 e. The van der Waals surface area contributed by atoms with Crippen molar-refractivity contribution in [1.29, 1.82) is 5.26 Å². The lowest BCUT2D eigenvalue weighted by Crippen LogP contribution is -2.25. The molecule has 0 aliphatic heterocycles. The average molecular weight is 368 g/mol. The fourth-order valence-corrected chi connectivity index (χ4v) is 2.32. The second-order valence-corrected chi connectivity index (χ2v) is 5.47. The Morgan fingerprint density at radius 2 is 2.15 bits per heavy atom. The number of benzene rings is 1. The highest BCUT2D eigenvalue weighted by molar-refractivity contribution is 5.85. The Morgan fingerprint density at radius 1 is 1.37 bits per heavy atom. The summed E-state index contributed by atoms with van der Waals surface area (Å²) in [6, 6.07) is 11.0. The van der Waals surface area contributed by atoms with Crippen molar-refractivity contribution < 1.29 is 19.0 Å². The molecule has 1 aromatic heterocycles. The Bertz CT molecular complexity index is 874. The van der Waals surface area contributed by atoms with Gasteiger partial charge in [0.2, 0.25) is 5.88 Å². The third-order valence-electron chi connectivity index (χ3n) is 3.48. The number of amides is 1. The molecule has 0 spiro atoms. The number of ether oxygens (including phenoxy) is 3. The van der Waals surface area contributed by atoms with Crippen LogP contribution >= 0.6 is 0 Å². The van der Waals surface area contributed by atoms with E-state index in [-0.39, 0.29) is 24.7 Å². The molecule has 1 amide bonds. The summed E-state index contributed by atoms with van der Waals surface area (Å²) < 4.78 is 15.7. The Balaban J connectivity index is 2.00. The van der Waals surface area contributed by atoms with Crippen LogP contribution in [0.1, 0.15) is 22.4 Å². The number of aromatic nitrogens is 1. The van der Waals surface area contributed by atoms with Gasteiger partial charge in [0.15, 0.2) is 6.61 Å². The number of methoxy groups -OCH3 is 2. The van der Waals surface area contributed by atoms with Gasteiger partial charge >= 0.3 is 0 Å². The number of carbonyl (C=O) groups is 1. The first-order valence-corrected chi connectivity index (χ1v) is 8.06. The van der Waals surface area contributed by atoms with Gasteiger partial charge in [0, 0.05) is 23.9 Å². The van der Waals surface area contributed by atoms with Crippen molar-refractivity contribution >= 4 is 12.1 Å². The number of hydrogen-bond donors (Lipinski definition) is 1. The summed E-state index contributed by atoms with van der Waals surface area (Å²) in [4.78, 5) is 16.1. The van der Waals surface area contributed by atoms with Gasteiger partial charge in [-0.3, -0.25) is 4.79 Å². The van der Waals surface area contributed by atoms with Crippen LogP contribution in [-0.4, -0.2) is 37.9 Å². The maximum atomic E-state index is 11.9. The van der Waals surface area contributed by atoms with Gasteiger partial charge in [-0.1, -0.05) is 12.1 Å². The molecule has 27 heavy (non-hydrogen) atoms. The van der Waals surface area contributed by atoms with Gasteiger partial charge in [0.05, 0.1) is 19.9 Å². The van der Waals surface area contributed by atoms with E-state index in [0.717, 1.165) is 5.56 Å². The summed E-state index contributed by atoms with van der Waals surface area (Å²) in [6.45, 7) is 1.68. The van der Waals surface area contributed by atoms with E-state index in [4.69, 9.17) is 14.2 Å². The molecule has 0 radical (unpaired) electrons. The van der Waals surface area contributed by atoms with Crippen LogP contribution < -0.4 is 14.9 Å². The smallest absolute Gasteiger partial charge is 0.278 e. The van der Waals surface area contributed by atoms with E-state index in [1.165, 1.54) is 13.3 Å². The lowest BCUT2D eigenvalue weighted by atomic mass is 10.1. The fourth-order valence-electron chi connectivity index (χ4n) is 2.32. The number of rotatable bonds is 8. The van der Waals surface area contributed by atoms with Gasteiger partial charge in [-0.15, -0.1) is 0 Å². The predicted octanol–water partition coefficient (Wildman–Crippen LogP) is 1.95.